The highest BCUT2D eigenvalue weighted by Crippen LogP contribution is 2.18. The molecule has 0 amide bonds. The van der Waals surface area contributed by atoms with Gasteiger partial charge in [0.25, 0.3) is 0 Å². The number of aliphatic hydroxyl groups is 1. The summed E-state index contributed by atoms with van der Waals surface area (Å²) in [5.41, 5.74) is 1.36. The van der Waals surface area contributed by atoms with Crippen LogP contribution in [0, 0.1) is 11.8 Å². The summed E-state index contributed by atoms with van der Waals surface area (Å²) in [6.07, 6.45) is 1.95. The molecule has 1 aromatic rings. The van der Waals surface area contributed by atoms with Crippen molar-refractivity contribution < 1.29 is 5.11 Å². The predicted octanol–water partition coefficient (Wildman–Crippen LogP) is 3.27. The molecule has 0 aliphatic heterocycles. The average molecular weight is 206 g/mol. The van der Waals surface area contributed by atoms with Gasteiger partial charge in [-0.2, -0.15) is 0 Å². The molecular weight excluding hydrogens is 184 g/mol. The molecule has 0 saturated heterocycles. The Hall–Kier alpha value is -0.820. The molecule has 0 aliphatic rings. The minimum atomic E-state index is -0.172. The molecule has 1 rings (SSSR count). The zero-order valence-electron chi connectivity index (χ0n) is 9.98. The Balaban J connectivity index is 2.37. The summed E-state index contributed by atoms with van der Waals surface area (Å²) < 4.78 is 0. The summed E-state index contributed by atoms with van der Waals surface area (Å²) in [5.74, 6) is 0.737. The quantitative estimate of drug-likeness (QED) is 0.784. The van der Waals surface area contributed by atoms with Crippen molar-refractivity contribution in [2.75, 3.05) is 0 Å². The summed E-state index contributed by atoms with van der Waals surface area (Å²) in [5, 5.41) is 9.87. The van der Waals surface area contributed by atoms with E-state index in [-0.39, 0.29) is 6.10 Å². The monoisotopic (exact) mass is 206 g/mol. The van der Waals surface area contributed by atoms with Crippen LogP contribution in [0.5, 0.6) is 0 Å². The van der Waals surface area contributed by atoms with Gasteiger partial charge in [-0.25, -0.2) is 0 Å². The second-order valence-electron chi connectivity index (χ2n) is 4.74. The minimum absolute atomic E-state index is 0.172. The van der Waals surface area contributed by atoms with Crippen LogP contribution in [0.15, 0.2) is 30.3 Å². The molecule has 0 fully saturated rings. The number of hydrogen-bond acceptors (Lipinski definition) is 1. The van der Waals surface area contributed by atoms with Gasteiger partial charge in [-0.1, -0.05) is 51.1 Å². The van der Waals surface area contributed by atoms with Crippen LogP contribution >= 0.6 is 0 Å². The third kappa shape index (κ3) is 4.05. The fourth-order valence-corrected chi connectivity index (χ4v) is 1.87. The summed E-state index contributed by atoms with van der Waals surface area (Å²) in [4.78, 5) is 0. The molecule has 0 aliphatic carbocycles. The van der Waals surface area contributed by atoms with Crippen molar-refractivity contribution in [1.29, 1.82) is 0 Å². The van der Waals surface area contributed by atoms with Crippen molar-refractivity contribution >= 4 is 0 Å². The molecule has 2 atom stereocenters. The van der Waals surface area contributed by atoms with Crippen molar-refractivity contribution in [3.8, 4) is 0 Å². The maximum atomic E-state index is 9.87. The second kappa shape index (κ2) is 5.92. The van der Waals surface area contributed by atoms with Crippen LogP contribution in [-0.4, -0.2) is 11.2 Å². The first-order valence-corrected chi connectivity index (χ1v) is 5.83. The molecule has 1 N–H and O–H groups in total. The highest BCUT2D eigenvalue weighted by molar-refractivity contribution is 5.14. The number of hydrogen-bond donors (Lipinski definition) is 1. The molecule has 1 nitrogen and oxygen atoms in total. The van der Waals surface area contributed by atoms with Gasteiger partial charge >= 0.3 is 0 Å². The van der Waals surface area contributed by atoms with Crippen LogP contribution in [0.4, 0.5) is 0 Å². The number of aliphatic hydroxyl groups excluding tert-OH is 1. The molecule has 0 aromatic heterocycles. The van der Waals surface area contributed by atoms with Gasteiger partial charge in [-0.15, -0.1) is 0 Å². The maximum absolute atomic E-state index is 9.87. The van der Waals surface area contributed by atoms with E-state index in [9.17, 15) is 5.11 Å². The lowest BCUT2D eigenvalue weighted by atomic mass is 9.90. The maximum Gasteiger partial charge on any atom is 0.0588 e. The third-order valence-electron chi connectivity index (χ3n) is 3.00. The Morgan fingerprint density at radius 3 is 2.20 bits per heavy atom. The molecular formula is C14H22O. The molecule has 0 radical (unpaired) electrons. The fourth-order valence-electron chi connectivity index (χ4n) is 1.87. The van der Waals surface area contributed by atoms with Gasteiger partial charge < -0.3 is 5.11 Å². The molecule has 1 aromatic carbocycles. The van der Waals surface area contributed by atoms with E-state index < -0.39 is 0 Å². The lowest BCUT2D eigenvalue weighted by Crippen LogP contribution is -2.24. The predicted molar refractivity (Wildman–Crippen MR) is 64.8 cm³/mol. The van der Waals surface area contributed by atoms with Crippen LogP contribution in [0.1, 0.15) is 32.8 Å². The molecule has 1 heteroatoms. The van der Waals surface area contributed by atoms with Gasteiger partial charge in [0.05, 0.1) is 6.10 Å². The third-order valence-corrected chi connectivity index (χ3v) is 3.00. The van der Waals surface area contributed by atoms with Crippen LogP contribution in [-0.2, 0) is 6.42 Å². The SMILES string of the molecule is CC(C)C(O)C(C)CCc1ccccc1. The van der Waals surface area contributed by atoms with Crippen molar-refractivity contribution in [2.24, 2.45) is 11.8 Å². The zero-order valence-corrected chi connectivity index (χ0v) is 9.98. The van der Waals surface area contributed by atoms with Crippen molar-refractivity contribution in [1.82, 2.24) is 0 Å². The van der Waals surface area contributed by atoms with Crippen LogP contribution in [0.25, 0.3) is 0 Å². The van der Waals surface area contributed by atoms with Gasteiger partial charge in [-0.3, -0.25) is 0 Å². The summed E-state index contributed by atoms with van der Waals surface area (Å²) >= 11 is 0. The van der Waals surface area contributed by atoms with E-state index in [1.165, 1.54) is 5.56 Å². The first-order valence-electron chi connectivity index (χ1n) is 5.83. The summed E-state index contributed by atoms with van der Waals surface area (Å²) in [7, 11) is 0. The van der Waals surface area contributed by atoms with Gasteiger partial charge in [0.15, 0.2) is 0 Å². The standard InChI is InChI=1S/C14H22O/c1-11(2)14(15)12(3)9-10-13-7-5-4-6-8-13/h4-8,11-12,14-15H,9-10H2,1-3H3. The Bertz CT molecular complexity index is 266. The summed E-state index contributed by atoms with van der Waals surface area (Å²) in [6.45, 7) is 6.28. The Labute approximate surface area is 93.1 Å². The van der Waals surface area contributed by atoms with Gasteiger partial charge in [0.1, 0.15) is 0 Å². The normalized spacial score (nSPS) is 15.3. The van der Waals surface area contributed by atoms with E-state index in [0.29, 0.717) is 11.8 Å². The smallest absolute Gasteiger partial charge is 0.0588 e. The molecule has 0 saturated carbocycles. The van der Waals surface area contributed by atoms with E-state index in [4.69, 9.17) is 0 Å². The first kappa shape index (κ1) is 12.3. The Kier molecular flexibility index (Phi) is 4.83. The first-order chi connectivity index (χ1) is 7.11. The molecule has 84 valence electrons. The van der Waals surface area contributed by atoms with Crippen LogP contribution in [0.2, 0.25) is 0 Å². The van der Waals surface area contributed by atoms with Gasteiger partial charge in [0, 0.05) is 0 Å². The molecule has 0 spiro atoms. The van der Waals surface area contributed by atoms with E-state index in [1.807, 2.05) is 6.07 Å². The van der Waals surface area contributed by atoms with Crippen LogP contribution in [0.3, 0.4) is 0 Å². The van der Waals surface area contributed by atoms with Gasteiger partial charge in [0.2, 0.25) is 0 Å². The van der Waals surface area contributed by atoms with Crippen LogP contribution < -0.4 is 0 Å². The minimum Gasteiger partial charge on any atom is -0.393 e. The Morgan fingerprint density at radius 1 is 1.07 bits per heavy atom. The van der Waals surface area contributed by atoms with E-state index in [2.05, 4.69) is 45.0 Å². The summed E-state index contributed by atoms with van der Waals surface area (Å²) in [6, 6.07) is 10.5. The van der Waals surface area contributed by atoms with E-state index >= 15 is 0 Å². The topological polar surface area (TPSA) is 20.2 Å². The van der Waals surface area contributed by atoms with E-state index in [1.54, 1.807) is 0 Å². The van der Waals surface area contributed by atoms with Gasteiger partial charge in [-0.05, 0) is 30.2 Å². The average Bonchev–Trinajstić information content (AvgIpc) is 2.26. The largest absolute Gasteiger partial charge is 0.393 e. The van der Waals surface area contributed by atoms with Crippen molar-refractivity contribution in [3.63, 3.8) is 0 Å². The molecule has 0 bridgehead atoms. The molecule has 0 heterocycles. The lowest BCUT2D eigenvalue weighted by molar-refractivity contribution is 0.0686. The highest BCUT2D eigenvalue weighted by Gasteiger charge is 2.17. The zero-order chi connectivity index (χ0) is 11.3. The lowest BCUT2D eigenvalue weighted by Gasteiger charge is -2.22. The van der Waals surface area contributed by atoms with E-state index in [0.717, 1.165) is 12.8 Å². The molecule has 2 unspecified atom stereocenters. The molecule has 15 heavy (non-hydrogen) atoms. The second-order valence-corrected chi connectivity index (χ2v) is 4.74. The Morgan fingerprint density at radius 2 is 1.67 bits per heavy atom. The number of aryl methyl sites for hydroxylation is 1. The number of benzene rings is 1. The number of rotatable bonds is 5. The fraction of sp³-hybridized carbons (Fsp3) is 0.571. The van der Waals surface area contributed by atoms with Crippen molar-refractivity contribution in [2.45, 2.75) is 39.7 Å². The van der Waals surface area contributed by atoms with Crippen molar-refractivity contribution in [3.05, 3.63) is 35.9 Å². The highest BCUT2D eigenvalue weighted by atomic mass is 16.3.